The highest BCUT2D eigenvalue weighted by Crippen LogP contribution is 2.35. The van der Waals surface area contributed by atoms with Gasteiger partial charge in [0.25, 0.3) is 0 Å². The average Bonchev–Trinajstić information content (AvgIpc) is 2.79. The minimum absolute atomic E-state index is 0.0753. The van der Waals surface area contributed by atoms with Crippen molar-refractivity contribution in [3.63, 3.8) is 0 Å². The molecule has 8 heteroatoms. The molecule has 2 aromatic carbocycles. The lowest BCUT2D eigenvalue weighted by molar-refractivity contribution is -0.137. The Labute approximate surface area is 192 Å². The summed E-state index contributed by atoms with van der Waals surface area (Å²) in [4.78, 5) is 7.97. The van der Waals surface area contributed by atoms with Crippen molar-refractivity contribution in [1.29, 1.82) is 0 Å². The van der Waals surface area contributed by atoms with Crippen molar-refractivity contribution < 1.29 is 17.9 Å². The zero-order chi connectivity index (χ0) is 23.7. The van der Waals surface area contributed by atoms with Crippen LogP contribution in [0.2, 0.25) is 0 Å². The van der Waals surface area contributed by atoms with E-state index in [0.29, 0.717) is 23.7 Å². The number of halogens is 3. The molecule has 0 aliphatic carbocycles. The summed E-state index contributed by atoms with van der Waals surface area (Å²) in [5.41, 5.74) is 1.44. The second kappa shape index (κ2) is 11.5. The summed E-state index contributed by atoms with van der Waals surface area (Å²) in [6.45, 7) is 4.81. The number of hydrogen-bond donors (Lipinski definition) is 2. The molecule has 0 fully saturated rings. The van der Waals surface area contributed by atoms with Gasteiger partial charge in [0.05, 0.1) is 6.61 Å². The van der Waals surface area contributed by atoms with Gasteiger partial charge < -0.3 is 15.4 Å². The topological polar surface area (TPSA) is 59.1 Å². The molecule has 0 unspecified atom stereocenters. The van der Waals surface area contributed by atoms with E-state index in [9.17, 15) is 13.2 Å². The summed E-state index contributed by atoms with van der Waals surface area (Å²) in [5, 5.41) is 5.75. The molecule has 3 rings (SSSR count). The average molecular weight is 459 g/mol. The number of rotatable bonds is 11. The van der Waals surface area contributed by atoms with E-state index in [4.69, 9.17) is 4.74 Å². The molecular formula is C25H29F3N4O. The lowest BCUT2D eigenvalue weighted by atomic mass is 10.1. The Bertz CT molecular complexity index is 1010. The van der Waals surface area contributed by atoms with Gasteiger partial charge in [-0.05, 0) is 61.2 Å². The molecule has 0 aliphatic rings. The fraction of sp³-hybridized carbons (Fsp3) is 0.360. The number of aromatic nitrogens is 2. The fourth-order valence-electron chi connectivity index (χ4n) is 3.12. The highest BCUT2D eigenvalue weighted by atomic mass is 19.4. The molecule has 33 heavy (non-hydrogen) atoms. The molecule has 0 amide bonds. The van der Waals surface area contributed by atoms with E-state index in [0.717, 1.165) is 38.3 Å². The molecular weight excluding hydrogens is 429 g/mol. The van der Waals surface area contributed by atoms with Gasteiger partial charge in [0.2, 0.25) is 5.95 Å². The SMILES string of the molecule is CCCCOc1ccc(Nc2nc(Nc3ccc(CCCC)cc3)ncc2C(F)(F)F)cc1. The van der Waals surface area contributed by atoms with E-state index in [1.807, 2.05) is 24.3 Å². The summed E-state index contributed by atoms with van der Waals surface area (Å²) in [5.74, 6) is 0.419. The Morgan fingerprint density at radius 2 is 1.48 bits per heavy atom. The quantitative estimate of drug-likeness (QED) is 0.291. The Hall–Kier alpha value is -3.29. The van der Waals surface area contributed by atoms with Crippen molar-refractivity contribution >= 4 is 23.1 Å². The molecule has 0 atom stereocenters. The summed E-state index contributed by atoms with van der Waals surface area (Å²) in [6, 6.07) is 14.5. The van der Waals surface area contributed by atoms with Crippen molar-refractivity contribution in [3.8, 4) is 5.75 Å². The number of anilines is 4. The first-order valence-corrected chi connectivity index (χ1v) is 11.2. The molecule has 176 valence electrons. The van der Waals surface area contributed by atoms with Crippen LogP contribution < -0.4 is 15.4 Å². The van der Waals surface area contributed by atoms with Crippen molar-refractivity contribution in [2.24, 2.45) is 0 Å². The highest BCUT2D eigenvalue weighted by molar-refractivity contribution is 5.63. The maximum absolute atomic E-state index is 13.5. The normalized spacial score (nSPS) is 11.3. The summed E-state index contributed by atoms with van der Waals surface area (Å²) in [7, 11) is 0. The number of ether oxygens (including phenoxy) is 1. The van der Waals surface area contributed by atoms with Gasteiger partial charge in [-0.25, -0.2) is 4.98 Å². The van der Waals surface area contributed by atoms with Crippen LogP contribution in [0.4, 0.5) is 36.3 Å². The lowest BCUT2D eigenvalue weighted by Crippen LogP contribution is -2.12. The number of benzene rings is 2. The van der Waals surface area contributed by atoms with Gasteiger partial charge in [0.1, 0.15) is 17.1 Å². The Morgan fingerprint density at radius 1 is 0.848 bits per heavy atom. The minimum atomic E-state index is -4.59. The van der Waals surface area contributed by atoms with Gasteiger partial charge in [0.15, 0.2) is 0 Å². The van der Waals surface area contributed by atoms with E-state index in [-0.39, 0.29) is 11.8 Å². The van der Waals surface area contributed by atoms with Crippen LogP contribution >= 0.6 is 0 Å². The zero-order valence-electron chi connectivity index (χ0n) is 18.9. The van der Waals surface area contributed by atoms with Crippen molar-refractivity contribution in [2.45, 2.75) is 52.1 Å². The largest absolute Gasteiger partial charge is 0.494 e. The first-order valence-electron chi connectivity index (χ1n) is 11.2. The monoisotopic (exact) mass is 458 g/mol. The predicted octanol–water partition coefficient (Wildman–Crippen LogP) is 7.50. The van der Waals surface area contributed by atoms with Crippen LogP contribution in [0, 0.1) is 0 Å². The van der Waals surface area contributed by atoms with E-state index in [2.05, 4.69) is 34.4 Å². The van der Waals surface area contributed by atoms with Gasteiger partial charge >= 0.3 is 6.18 Å². The smallest absolute Gasteiger partial charge is 0.421 e. The second-order valence-electron chi connectivity index (χ2n) is 7.73. The van der Waals surface area contributed by atoms with Crippen LogP contribution in [-0.4, -0.2) is 16.6 Å². The van der Waals surface area contributed by atoms with E-state index in [1.165, 1.54) is 5.56 Å². The van der Waals surface area contributed by atoms with Gasteiger partial charge in [-0.3, -0.25) is 0 Å². The standard InChI is InChI=1S/C25H29F3N4O/c1-3-5-7-18-8-10-20(11-9-18)31-24-29-17-22(25(26,27)28)23(32-24)30-19-12-14-21(15-13-19)33-16-6-4-2/h8-15,17H,3-7,16H2,1-2H3,(H2,29,30,31,32). The van der Waals surface area contributed by atoms with Gasteiger partial charge in [-0.2, -0.15) is 18.2 Å². The van der Waals surface area contributed by atoms with Crippen molar-refractivity contribution in [2.75, 3.05) is 17.2 Å². The summed E-state index contributed by atoms with van der Waals surface area (Å²) >= 11 is 0. The third kappa shape index (κ3) is 7.37. The van der Waals surface area contributed by atoms with E-state index < -0.39 is 11.7 Å². The first kappa shape index (κ1) is 24.4. The highest BCUT2D eigenvalue weighted by Gasteiger charge is 2.35. The molecule has 0 bridgehead atoms. The molecule has 5 nitrogen and oxygen atoms in total. The van der Waals surface area contributed by atoms with E-state index >= 15 is 0 Å². The van der Waals surface area contributed by atoms with Crippen LogP contribution in [0.5, 0.6) is 5.75 Å². The third-order valence-electron chi connectivity index (χ3n) is 5.01. The van der Waals surface area contributed by atoms with Crippen LogP contribution in [0.25, 0.3) is 0 Å². The summed E-state index contributed by atoms with van der Waals surface area (Å²) in [6.07, 6.45) is 1.37. The van der Waals surface area contributed by atoms with Crippen molar-refractivity contribution in [1.82, 2.24) is 9.97 Å². The molecule has 1 heterocycles. The molecule has 0 aliphatic heterocycles. The molecule has 1 aromatic heterocycles. The van der Waals surface area contributed by atoms with Gasteiger partial charge in [-0.1, -0.05) is 38.8 Å². The number of nitrogens with zero attached hydrogens (tertiary/aromatic N) is 2. The minimum Gasteiger partial charge on any atom is -0.494 e. The molecule has 0 spiro atoms. The van der Waals surface area contributed by atoms with Crippen LogP contribution in [0.3, 0.4) is 0 Å². The van der Waals surface area contributed by atoms with Gasteiger partial charge in [-0.15, -0.1) is 0 Å². The van der Waals surface area contributed by atoms with Crippen LogP contribution in [0.1, 0.15) is 50.7 Å². The number of alkyl halides is 3. The molecule has 3 aromatic rings. The Kier molecular flexibility index (Phi) is 8.52. The number of nitrogens with one attached hydrogen (secondary N) is 2. The zero-order valence-corrected chi connectivity index (χ0v) is 18.9. The Morgan fingerprint density at radius 3 is 2.12 bits per heavy atom. The molecule has 0 saturated heterocycles. The second-order valence-corrected chi connectivity index (χ2v) is 7.73. The maximum Gasteiger partial charge on any atom is 0.421 e. The molecule has 2 N–H and O–H groups in total. The summed E-state index contributed by atoms with van der Waals surface area (Å²) < 4.78 is 46.2. The lowest BCUT2D eigenvalue weighted by Gasteiger charge is -2.15. The maximum atomic E-state index is 13.5. The number of hydrogen-bond acceptors (Lipinski definition) is 5. The van der Waals surface area contributed by atoms with Crippen molar-refractivity contribution in [3.05, 3.63) is 65.9 Å². The number of unbranched alkanes of at least 4 members (excludes halogenated alkanes) is 2. The predicted molar refractivity (Wildman–Crippen MR) is 125 cm³/mol. The van der Waals surface area contributed by atoms with E-state index in [1.54, 1.807) is 24.3 Å². The fourth-order valence-corrected chi connectivity index (χ4v) is 3.12. The van der Waals surface area contributed by atoms with Crippen LogP contribution in [-0.2, 0) is 12.6 Å². The first-order chi connectivity index (χ1) is 15.9. The number of aryl methyl sites for hydroxylation is 1. The molecule has 0 radical (unpaired) electrons. The molecule has 0 saturated carbocycles. The Balaban J connectivity index is 1.76. The van der Waals surface area contributed by atoms with Crippen LogP contribution in [0.15, 0.2) is 54.7 Å². The van der Waals surface area contributed by atoms with Gasteiger partial charge in [0, 0.05) is 17.6 Å². The third-order valence-corrected chi connectivity index (χ3v) is 5.01.